The second kappa shape index (κ2) is 3.31. The molecule has 1 aliphatic rings. The molecule has 0 aliphatic carbocycles. The van der Waals surface area contributed by atoms with E-state index in [1.54, 1.807) is 4.90 Å². The lowest BCUT2D eigenvalue weighted by atomic mass is 10.1. The van der Waals surface area contributed by atoms with E-state index in [0.717, 1.165) is 10.9 Å². The van der Waals surface area contributed by atoms with Gasteiger partial charge in [0.15, 0.2) is 5.69 Å². The summed E-state index contributed by atoms with van der Waals surface area (Å²) in [6.07, 6.45) is -0.380. The van der Waals surface area contributed by atoms with E-state index in [-0.39, 0.29) is 12.0 Å². The maximum Gasteiger partial charge on any atom is 0.275 e. The van der Waals surface area contributed by atoms with Crippen molar-refractivity contribution < 1.29 is 9.90 Å². The van der Waals surface area contributed by atoms with Crippen molar-refractivity contribution in [3.05, 3.63) is 30.0 Å². The Kier molecular flexibility index (Phi) is 1.94. The van der Waals surface area contributed by atoms with Crippen molar-refractivity contribution in [1.82, 2.24) is 15.1 Å². The molecule has 1 aromatic carbocycles. The van der Waals surface area contributed by atoms with Crippen LogP contribution < -0.4 is 0 Å². The number of aromatic amines is 1. The van der Waals surface area contributed by atoms with E-state index >= 15 is 0 Å². The highest BCUT2D eigenvalue weighted by Gasteiger charge is 2.31. The number of fused-ring (bicyclic) bond motifs is 1. The number of benzene rings is 1. The van der Waals surface area contributed by atoms with Crippen LogP contribution in [0.1, 0.15) is 10.5 Å². The minimum absolute atomic E-state index is 0.122. The number of carbonyl (C=O) groups is 1. The largest absolute Gasteiger partial charge is 0.389 e. The highest BCUT2D eigenvalue weighted by Crippen LogP contribution is 2.19. The van der Waals surface area contributed by atoms with Gasteiger partial charge in [-0.05, 0) is 6.07 Å². The third-order valence-electron chi connectivity index (χ3n) is 2.82. The zero-order chi connectivity index (χ0) is 11.1. The second-order valence-corrected chi connectivity index (χ2v) is 3.98. The maximum atomic E-state index is 12.0. The molecule has 0 unspecified atom stereocenters. The van der Waals surface area contributed by atoms with Crippen LogP contribution in [0.3, 0.4) is 0 Å². The van der Waals surface area contributed by atoms with Gasteiger partial charge in [-0.3, -0.25) is 9.89 Å². The minimum Gasteiger partial charge on any atom is -0.389 e. The molecule has 82 valence electrons. The Hall–Kier alpha value is -1.88. The van der Waals surface area contributed by atoms with Crippen LogP contribution in [0.25, 0.3) is 10.9 Å². The standard InChI is InChI=1S/C11H11N3O2/c15-7-5-14(6-7)11(16)10-8-3-1-2-4-9(8)12-13-10/h1-4,7,15H,5-6H2,(H,12,13). The topological polar surface area (TPSA) is 69.2 Å². The molecule has 2 N–H and O–H groups in total. The molecule has 0 atom stereocenters. The molecule has 5 nitrogen and oxygen atoms in total. The maximum absolute atomic E-state index is 12.0. The van der Waals surface area contributed by atoms with Crippen LogP contribution in [0, 0.1) is 0 Å². The number of aliphatic hydroxyl groups is 1. The molecular formula is C11H11N3O2. The van der Waals surface area contributed by atoms with Crippen LogP contribution >= 0.6 is 0 Å². The van der Waals surface area contributed by atoms with Crippen molar-refractivity contribution in [3.8, 4) is 0 Å². The summed E-state index contributed by atoms with van der Waals surface area (Å²) in [5, 5.41) is 16.8. The number of aliphatic hydroxyl groups excluding tert-OH is 1. The number of likely N-dealkylation sites (tertiary alicyclic amines) is 1. The average Bonchev–Trinajstić information content (AvgIpc) is 2.67. The monoisotopic (exact) mass is 217 g/mol. The molecular weight excluding hydrogens is 206 g/mol. The van der Waals surface area contributed by atoms with Crippen molar-refractivity contribution in [2.45, 2.75) is 6.10 Å². The molecule has 1 saturated heterocycles. The Morgan fingerprint density at radius 3 is 2.94 bits per heavy atom. The molecule has 0 bridgehead atoms. The number of H-pyrrole nitrogens is 1. The summed E-state index contributed by atoms with van der Waals surface area (Å²) < 4.78 is 0. The molecule has 1 aliphatic heterocycles. The minimum atomic E-state index is -0.380. The van der Waals surface area contributed by atoms with E-state index in [4.69, 9.17) is 5.11 Å². The molecule has 1 amide bonds. The fourth-order valence-corrected chi connectivity index (χ4v) is 1.90. The van der Waals surface area contributed by atoms with Gasteiger partial charge in [0.25, 0.3) is 5.91 Å². The van der Waals surface area contributed by atoms with Crippen molar-refractivity contribution >= 4 is 16.8 Å². The Morgan fingerprint density at radius 1 is 1.44 bits per heavy atom. The number of hydrogen-bond donors (Lipinski definition) is 2. The van der Waals surface area contributed by atoms with Crippen LogP contribution in [-0.2, 0) is 0 Å². The summed E-state index contributed by atoms with van der Waals surface area (Å²) in [6, 6.07) is 7.51. The summed E-state index contributed by atoms with van der Waals surface area (Å²) in [5.41, 5.74) is 1.29. The van der Waals surface area contributed by atoms with E-state index in [1.165, 1.54) is 0 Å². The highest BCUT2D eigenvalue weighted by atomic mass is 16.3. The summed E-state index contributed by atoms with van der Waals surface area (Å²) >= 11 is 0. The number of nitrogens with one attached hydrogen (secondary N) is 1. The van der Waals surface area contributed by atoms with Gasteiger partial charge in [0.1, 0.15) is 0 Å². The first-order valence-electron chi connectivity index (χ1n) is 5.16. The van der Waals surface area contributed by atoms with Crippen molar-refractivity contribution in [2.24, 2.45) is 0 Å². The van der Waals surface area contributed by atoms with Crippen molar-refractivity contribution in [2.75, 3.05) is 13.1 Å². The molecule has 0 saturated carbocycles. The number of rotatable bonds is 1. The van der Waals surface area contributed by atoms with Gasteiger partial charge < -0.3 is 10.0 Å². The first-order chi connectivity index (χ1) is 7.75. The summed E-state index contributed by atoms with van der Waals surface area (Å²) in [4.78, 5) is 13.6. The quantitative estimate of drug-likeness (QED) is 0.725. The van der Waals surface area contributed by atoms with Gasteiger partial charge in [0, 0.05) is 18.5 Å². The molecule has 16 heavy (non-hydrogen) atoms. The molecule has 3 rings (SSSR count). The van der Waals surface area contributed by atoms with Gasteiger partial charge in [-0.15, -0.1) is 0 Å². The van der Waals surface area contributed by atoms with E-state index in [1.807, 2.05) is 24.3 Å². The fraction of sp³-hybridized carbons (Fsp3) is 0.273. The zero-order valence-electron chi connectivity index (χ0n) is 8.55. The van der Waals surface area contributed by atoms with Gasteiger partial charge in [0.2, 0.25) is 0 Å². The van der Waals surface area contributed by atoms with Crippen molar-refractivity contribution in [1.29, 1.82) is 0 Å². The average molecular weight is 217 g/mol. The molecule has 2 heterocycles. The van der Waals surface area contributed by atoms with Gasteiger partial charge >= 0.3 is 0 Å². The van der Waals surface area contributed by atoms with Crippen LogP contribution in [0.15, 0.2) is 24.3 Å². The summed E-state index contributed by atoms with van der Waals surface area (Å²) in [6.45, 7) is 0.806. The third-order valence-corrected chi connectivity index (χ3v) is 2.82. The first-order valence-corrected chi connectivity index (χ1v) is 5.16. The Bertz CT molecular complexity index is 543. The fourth-order valence-electron chi connectivity index (χ4n) is 1.90. The predicted molar refractivity (Wildman–Crippen MR) is 58.0 cm³/mol. The van der Waals surface area contributed by atoms with Crippen LogP contribution in [0.2, 0.25) is 0 Å². The molecule has 0 radical (unpaired) electrons. The van der Waals surface area contributed by atoms with Crippen LogP contribution in [0.4, 0.5) is 0 Å². The lowest BCUT2D eigenvalue weighted by molar-refractivity contribution is 0.00563. The molecule has 1 aromatic heterocycles. The van der Waals surface area contributed by atoms with E-state index < -0.39 is 0 Å². The number of hydrogen-bond acceptors (Lipinski definition) is 3. The number of β-amino-alcohol motifs (C(OH)–C–C–N with tert-alkyl or cyclic N) is 1. The lowest BCUT2D eigenvalue weighted by Gasteiger charge is -2.35. The lowest BCUT2D eigenvalue weighted by Crippen LogP contribution is -2.53. The molecule has 5 heteroatoms. The third kappa shape index (κ3) is 1.29. The van der Waals surface area contributed by atoms with Gasteiger partial charge in [-0.25, -0.2) is 0 Å². The number of para-hydroxylation sites is 1. The summed E-state index contributed by atoms with van der Waals surface area (Å²) in [5.74, 6) is -0.122. The Labute approximate surface area is 91.7 Å². The van der Waals surface area contributed by atoms with Gasteiger partial charge in [-0.1, -0.05) is 18.2 Å². The predicted octanol–water partition coefficient (Wildman–Crippen LogP) is 0.380. The molecule has 2 aromatic rings. The highest BCUT2D eigenvalue weighted by molar-refractivity contribution is 6.04. The number of nitrogens with zero attached hydrogens (tertiary/aromatic N) is 2. The van der Waals surface area contributed by atoms with Crippen molar-refractivity contribution in [3.63, 3.8) is 0 Å². The smallest absolute Gasteiger partial charge is 0.275 e. The Morgan fingerprint density at radius 2 is 2.19 bits per heavy atom. The van der Waals surface area contributed by atoms with Crippen LogP contribution in [-0.4, -0.2) is 45.3 Å². The zero-order valence-corrected chi connectivity index (χ0v) is 8.55. The van der Waals surface area contributed by atoms with E-state index in [0.29, 0.717) is 18.8 Å². The summed E-state index contributed by atoms with van der Waals surface area (Å²) in [7, 11) is 0. The second-order valence-electron chi connectivity index (χ2n) is 3.98. The number of carbonyl (C=O) groups excluding carboxylic acids is 1. The normalized spacial score (nSPS) is 16.4. The van der Waals surface area contributed by atoms with Gasteiger partial charge in [-0.2, -0.15) is 5.10 Å². The number of amides is 1. The molecule has 0 spiro atoms. The first kappa shape index (κ1) is 9.35. The molecule has 1 fully saturated rings. The Balaban J connectivity index is 1.97. The SMILES string of the molecule is O=C(c1n[nH]c2ccccc12)N1CC(O)C1. The number of aromatic nitrogens is 2. The van der Waals surface area contributed by atoms with E-state index in [2.05, 4.69) is 10.2 Å². The van der Waals surface area contributed by atoms with Gasteiger partial charge in [0.05, 0.1) is 11.6 Å². The van der Waals surface area contributed by atoms with Crippen LogP contribution in [0.5, 0.6) is 0 Å². The van der Waals surface area contributed by atoms with E-state index in [9.17, 15) is 4.79 Å².